The number of hydrogen-bond acceptors (Lipinski definition) is 6. The lowest BCUT2D eigenvalue weighted by Gasteiger charge is -2.21. The summed E-state index contributed by atoms with van der Waals surface area (Å²) >= 11 is 0. The molecule has 3 rings (SSSR count). The maximum Gasteiger partial charge on any atom is 0.262 e. The number of anilines is 1. The Balaban J connectivity index is 1.80. The van der Waals surface area contributed by atoms with Crippen LogP contribution in [-0.4, -0.2) is 50.0 Å². The Morgan fingerprint density at radius 1 is 1.15 bits per heavy atom. The summed E-state index contributed by atoms with van der Waals surface area (Å²) in [5.74, 6) is 1.08. The van der Waals surface area contributed by atoms with E-state index in [1.165, 1.54) is 16.4 Å². The molecule has 8 nitrogen and oxygen atoms in total. The number of amides is 1. The zero-order valence-corrected chi connectivity index (χ0v) is 21.5. The SMILES string of the molecule is CCN(CC)S(=O)(=O)c1ccc(OC(C)C)c(NC(=O)COc2cccc3c2OC(C)(C)C3)c1. The molecule has 9 heteroatoms. The highest BCUT2D eigenvalue weighted by molar-refractivity contribution is 7.89. The van der Waals surface area contributed by atoms with E-state index in [2.05, 4.69) is 5.32 Å². The molecule has 0 bridgehead atoms. The predicted molar refractivity (Wildman–Crippen MR) is 131 cm³/mol. The van der Waals surface area contributed by atoms with Gasteiger partial charge in [-0.1, -0.05) is 26.0 Å². The summed E-state index contributed by atoms with van der Waals surface area (Å²) in [5, 5.41) is 2.74. The van der Waals surface area contributed by atoms with Gasteiger partial charge in [0.2, 0.25) is 10.0 Å². The van der Waals surface area contributed by atoms with E-state index in [1.807, 2.05) is 39.8 Å². The second-order valence-electron chi connectivity index (χ2n) is 9.03. The molecule has 1 amide bonds. The topological polar surface area (TPSA) is 94.2 Å². The molecule has 2 aromatic carbocycles. The van der Waals surface area contributed by atoms with Crippen LogP contribution < -0.4 is 19.5 Å². The van der Waals surface area contributed by atoms with Crippen molar-refractivity contribution in [1.82, 2.24) is 4.31 Å². The lowest BCUT2D eigenvalue weighted by molar-refractivity contribution is -0.118. The van der Waals surface area contributed by atoms with Crippen molar-refractivity contribution in [2.45, 2.75) is 64.6 Å². The largest absolute Gasteiger partial charge is 0.489 e. The molecule has 0 saturated heterocycles. The van der Waals surface area contributed by atoms with Crippen LogP contribution in [0.3, 0.4) is 0 Å². The first-order chi connectivity index (χ1) is 16.0. The first-order valence-corrected chi connectivity index (χ1v) is 12.9. The Morgan fingerprint density at radius 3 is 2.50 bits per heavy atom. The van der Waals surface area contributed by atoms with E-state index in [1.54, 1.807) is 26.0 Å². The van der Waals surface area contributed by atoms with Crippen LogP contribution in [0.4, 0.5) is 5.69 Å². The molecule has 186 valence electrons. The third-order valence-corrected chi connectivity index (χ3v) is 7.39. The normalized spacial score (nSPS) is 14.6. The fourth-order valence-corrected chi connectivity index (χ4v) is 5.35. The van der Waals surface area contributed by atoms with E-state index in [9.17, 15) is 13.2 Å². The monoisotopic (exact) mass is 490 g/mol. The molecule has 1 aliphatic heterocycles. The van der Waals surface area contributed by atoms with Crippen LogP contribution in [0.25, 0.3) is 0 Å². The number of hydrogen-bond donors (Lipinski definition) is 1. The first-order valence-electron chi connectivity index (χ1n) is 11.5. The van der Waals surface area contributed by atoms with Crippen molar-refractivity contribution in [3.63, 3.8) is 0 Å². The standard InChI is InChI=1S/C25H34N2O6S/c1-7-27(8-2)34(29,30)19-12-13-21(32-17(3)4)20(14-19)26-23(28)16-31-22-11-9-10-18-15-25(5,6)33-24(18)22/h9-14,17H,7-8,15-16H2,1-6H3,(H,26,28). The quantitative estimate of drug-likeness (QED) is 0.536. The summed E-state index contributed by atoms with van der Waals surface area (Å²) in [7, 11) is -3.70. The minimum atomic E-state index is -3.70. The van der Waals surface area contributed by atoms with Crippen LogP contribution >= 0.6 is 0 Å². The summed E-state index contributed by atoms with van der Waals surface area (Å²) in [6.07, 6.45) is 0.597. The number of benzene rings is 2. The van der Waals surface area contributed by atoms with Gasteiger partial charge in [0.15, 0.2) is 18.1 Å². The molecule has 0 aromatic heterocycles. The molecule has 0 unspecified atom stereocenters. The van der Waals surface area contributed by atoms with Gasteiger partial charge in [0, 0.05) is 25.1 Å². The zero-order chi connectivity index (χ0) is 25.1. The van der Waals surface area contributed by atoms with E-state index in [0.29, 0.717) is 30.3 Å². The van der Waals surface area contributed by atoms with Crippen molar-refractivity contribution in [3.8, 4) is 17.2 Å². The molecule has 1 aliphatic rings. The van der Waals surface area contributed by atoms with Gasteiger partial charge < -0.3 is 19.5 Å². The number of nitrogens with zero attached hydrogens (tertiary/aromatic N) is 1. The molecule has 0 saturated carbocycles. The number of fused-ring (bicyclic) bond motifs is 1. The van der Waals surface area contributed by atoms with Crippen LogP contribution in [0.2, 0.25) is 0 Å². The molecule has 2 aromatic rings. The highest BCUT2D eigenvalue weighted by atomic mass is 32.2. The smallest absolute Gasteiger partial charge is 0.262 e. The second-order valence-corrected chi connectivity index (χ2v) is 11.0. The number of rotatable bonds is 10. The maximum absolute atomic E-state index is 13.0. The molecule has 1 heterocycles. The fraction of sp³-hybridized carbons (Fsp3) is 0.480. The third-order valence-electron chi connectivity index (χ3n) is 5.34. The van der Waals surface area contributed by atoms with Crippen LogP contribution in [0.15, 0.2) is 41.3 Å². The van der Waals surface area contributed by atoms with Gasteiger partial charge in [-0.15, -0.1) is 0 Å². The lowest BCUT2D eigenvalue weighted by atomic mass is 10.0. The first kappa shape index (κ1) is 25.8. The minimum absolute atomic E-state index is 0.0834. The van der Waals surface area contributed by atoms with Crippen molar-refractivity contribution < 1.29 is 27.4 Å². The third kappa shape index (κ3) is 5.82. The van der Waals surface area contributed by atoms with E-state index in [-0.39, 0.29) is 28.9 Å². The van der Waals surface area contributed by atoms with Crippen LogP contribution in [0.1, 0.15) is 47.1 Å². The number of nitrogens with one attached hydrogen (secondary N) is 1. The molecular weight excluding hydrogens is 456 g/mol. The van der Waals surface area contributed by atoms with Crippen LogP contribution in [0.5, 0.6) is 17.2 Å². The molecule has 0 spiro atoms. The maximum atomic E-state index is 13.0. The lowest BCUT2D eigenvalue weighted by Crippen LogP contribution is -2.30. The highest BCUT2D eigenvalue weighted by Crippen LogP contribution is 2.41. The molecule has 34 heavy (non-hydrogen) atoms. The number of ether oxygens (including phenoxy) is 3. The molecule has 1 N–H and O–H groups in total. The zero-order valence-electron chi connectivity index (χ0n) is 20.7. The van der Waals surface area contributed by atoms with Gasteiger partial charge in [0.1, 0.15) is 11.4 Å². The predicted octanol–water partition coefficient (Wildman–Crippen LogP) is 4.24. The Morgan fingerprint density at radius 2 is 1.85 bits per heavy atom. The van der Waals surface area contributed by atoms with Gasteiger partial charge in [0.25, 0.3) is 5.91 Å². The Bertz CT molecular complexity index is 1140. The van der Waals surface area contributed by atoms with Crippen molar-refractivity contribution in [2.24, 2.45) is 0 Å². The molecule has 0 fully saturated rings. The van der Waals surface area contributed by atoms with Crippen molar-refractivity contribution in [1.29, 1.82) is 0 Å². The van der Waals surface area contributed by atoms with Gasteiger partial charge in [0.05, 0.1) is 16.7 Å². The van der Waals surface area contributed by atoms with E-state index in [0.717, 1.165) is 12.0 Å². The summed E-state index contributed by atoms with van der Waals surface area (Å²) in [4.78, 5) is 12.8. The van der Waals surface area contributed by atoms with Gasteiger partial charge in [-0.3, -0.25) is 4.79 Å². The number of carbonyl (C=O) groups excluding carboxylic acids is 1. The van der Waals surface area contributed by atoms with Gasteiger partial charge in [-0.05, 0) is 52.0 Å². The van der Waals surface area contributed by atoms with E-state index in [4.69, 9.17) is 14.2 Å². The summed E-state index contributed by atoms with van der Waals surface area (Å²) < 4.78 is 44.8. The summed E-state index contributed by atoms with van der Waals surface area (Å²) in [6.45, 7) is 11.7. The molecule has 0 atom stereocenters. The average Bonchev–Trinajstić information content (AvgIpc) is 3.08. The highest BCUT2D eigenvalue weighted by Gasteiger charge is 2.32. The molecule has 0 aliphatic carbocycles. The van der Waals surface area contributed by atoms with Gasteiger partial charge >= 0.3 is 0 Å². The van der Waals surface area contributed by atoms with Gasteiger partial charge in [-0.25, -0.2) is 8.42 Å². The number of sulfonamides is 1. The van der Waals surface area contributed by atoms with E-state index < -0.39 is 15.9 Å². The number of para-hydroxylation sites is 1. The Kier molecular flexibility index (Phi) is 7.77. The second kappa shape index (κ2) is 10.2. The summed E-state index contributed by atoms with van der Waals surface area (Å²) in [5.41, 5.74) is 0.972. The average molecular weight is 491 g/mol. The molecule has 0 radical (unpaired) electrons. The summed E-state index contributed by atoms with van der Waals surface area (Å²) in [6, 6.07) is 10.1. The van der Waals surface area contributed by atoms with Crippen LogP contribution in [-0.2, 0) is 21.2 Å². The molecular formula is C25H34N2O6S. The fourth-order valence-electron chi connectivity index (χ4n) is 3.87. The van der Waals surface area contributed by atoms with Gasteiger partial charge in [-0.2, -0.15) is 4.31 Å². The Labute approximate surface area is 202 Å². The van der Waals surface area contributed by atoms with Crippen LogP contribution in [0, 0.1) is 0 Å². The number of carbonyl (C=O) groups is 1. The van der Waals surface area contributed by atoms with E-state index >= 15 is 0 Å². The van der Waals surface area contributed by atoms with Crippen molar-refractivity contribution in [2.75, 3.05) is 25.0 Å². The van der Waals surface area contributed by atoms with Crippen molar-refractivity contribution in [3.05, 3.63) is 42.0 Å². The Hall–Kier alpha value is -2.78. The van der Waals surface area contributed by atoms with Crippen molar-refractivity contribution >= 4 is 21.6 Å². The minimum Gasteiger partial charge on any atom is -0.489 e.